The Morgan fingerprint density at radius 3 is 1.70 bits per heavy atom. The van der Waals surface area contributed by atoms with Gasteiger partial charge >= 0.3 is 49.0 Å². The molecule has 0 aromatic carbocycles. The van der Waals surface area contributed by atoms with Gasteiger partial charge in [-0.25, -0.2) is 0 Å². The van der Waals surface area contributed by atoms with E-state index in [1.165, 1.54) is 0 Å². The van der Waals surface area contributed by atoms with Crippen molar-refractivity contribution in [2.75, 3.05) is 0 Å². The average molecular weight is 212 g/mol. The summed E-state index contributed by atoms with van der Waals surface area (Å²) in [4.78, 5) is -0.222. The first-order chi connectivity index (χ1) is 4.63. The summed E-state index contributed by atoms with van der Waals surface area (Å²) in [5.74, 6) is 0. The van der Waals surface area contributed by atoms with E-state index in [0.717, 1.165) is 0 Å². The van der Waals surface area contributed by atoms with Gasteiger partial charge in [-0.3, -0.25) is 0 Å². The molecule has 1 aliphatic rings. The van der Waals surface area contributed by atoms with Crippen molar-refractivity contribution in [2.24, 2.45) is 0 Å². The number of alkyl halides is 2. The molecule has 0 atom stereocenters. The Labute approximate surface area is 83.7 Å². The van der Waals surface area contributed by atoms with Crippen molar-refractivity contribution in [1.82, 2.24) is 0 Å². The summed E-state index contributed by atoms with van der Waals surface area (Å²) < 4.78 is 0.685. The van der Waals surface area contributed by atoms with Crippen LogP contribution in [0.5, 0.6) is 0 Å². The molecule has 0 bridgehead atoms. The predicted octanol–water partition coefficient (Wildman–Crippen LogP) is 3.26. The molecule has 3 heteroatoms. The van der Waals surface area contributed by atoms with E-state index in [0.29, 0.717) is 4.22 Å². The fourth-order valence-electron chi connectivity index (χ4n) is 0.432. The van der Waals surface area contributed by atoms with Gasteiger partial charge in [-0.1, -0.05) is 0 Å². The maximum atomic E-state index is 5.04. The van der Waals surface area contributed by atoms with Gasteiger partial charge in [0, 0.05) is 0 Å². The molecule has 0 fully saturated rings. The Morgan fingerprint density at radius 1 is 1.30 bits per heavy atom. The first kappa shape index (κ1) is 10.8. The van der Waals surface area contributed by atoms with Gasteiger partial charge in [0.1, 0.15) is 4.84 Å². The SMILES string of the molecule is CC(Cl)Cl.[Ti][CH]1C=CC=C1. The maximum absolute atomic E-state index is 5.04. The Hall–Kier alpha value is 0.774. The monoisotopic (exact) mass is 211 g/mol. The van der Waals surface area contributed by atoms with E-state index in [1.54, 1.807) is 6.92 Å². The van der Waals surface area contributed by atoms with E-state index >= 15 is 0 Å². The van der Waals surface area contributed by atoms with Crippen LogP contribution in [-0.4, -0.2) is 4.84 Å². The van der Waals surface area contributed by atoms with E-state index in [2.05, 4.69) is 44.7 Å². The molecule has 0 amide bonds. The zero-order chi connectivity index (χ0) is 7.98. The van der Waals surface area contributed by atoms with Crippen LogP contribution in [0.2, 0.25) is 4.22 Å². The zero-order valence-corrected chi connectivity index (χ0v) is 8.79. The van der Waals surface area contributed by atoms with E-state index in [-0.39, 0.29) is 4.84 Å². The molecular formula is C7H9Cl2Ti. The van der Waals surface area contributed by atoms with Crippen LogP contribution in [0.4, 0.5) is 0 Å². The summed E-state index contributed by atoms with van der Waals surface area (Å²) in [7, 11) is 0. The van der Waals surface area contributed by atoms with Crippen molar-refractivity contribution in [1.29, 1.82) is 0 Å². The van der Waals surface area contributed by atoms with Crippen LogP contribution in [0, 0.1) is 0 Å². The summed E-state index contributed by atoms with van der Waals surface area (Å²) in [6.45, 7) is 1.70. The molecule has 0 spiro atoms. The molecule has 0 aromatic heterocycles. The van der Waals surface area contributed by atoms with Crippen LogP contribution in [0.1, 0.15) is 6.92 Å². The summed E-state index contributed by atoms with van der Waals surface area (Å²) in [6.07, 6.45) is 8.48. The topological polar surface area (TPSA) is 0 Å². The second-order valence-corrected chi connectivity index (χ2v) is 4.39. The summed E-state index contributed by atoms with van der Waals surface area (Å²) in [5.41, 5.74) is 0. The van der Waals surface area contributed by atoms with Gasteiger partial charge in [0.25, 0.3) is 0 Å². The second-order valence-electron chi connectivity index (χ2n) is 1.81. The zero-order valence-electron chi connectivity index (χ0n) is 5.72. The Balaban J connectivity index is 0.000000180. The summed E-state index contributed by atoms with van der Waals surface area (Å²) in [5, 5.41) is 0. The first-order valence-corrected chi connectivity index (χ1v) is 4.74. The average Bonchev–Trinajstić information content (AvgIpc) is 2.15. The molecule has 0 aromatic rings. The Morgan fingerprint density at radius 2 is 1.60 bits per heavy atom. The first-order valence-electron chi connectivity index (χ1n) is 2.97. The van der Waals surface area contributed by atoms with Crippen LogP contribution in [0.15, 0.2) is 24.3 Å². The van der Waals surface area contributed by atoms with Gasteiger partial charge in [-0.05, 0) is 6.92 Å². The van der Waals surface area contributed by atoms with Crippen molar-refractivity contribution in [3.63, 3.8) is 0 Å². The molecule has 0 heterocycles. The van der Waals surface area contributed by atoms with Gasteiger partial charge in [-0.2, -0.15) is 0 Å². The fourth-order valence-corrected chi connectivity index (χ4v) is 0.779. The molecule has 0 nitrogen and oxygen atoms in total. The van der Waals surface area contributed by atoms with Crippen molar-refractivity contribution in [3.8, 4) is 0 Å². The van der Waals surface area contributed by atoms with Gasteiger partial charge in [0.05, 0.1) is 0 Å². The van der Waals surface area contributed by atoms with Gasteiger partial charge < -0.3 is 0 Å². The molecule has 55 valence electrons. The number of hydrogen-bond donors (Lipinski definition) is 0. The third-order valence-corrected chi connectivity index (χ3v) is 1.35. The molecule has 10 heavy (non-hydrogen) atoms. The molecule has 0 radical (unpaired) electrons. The van der Waals surface area contributed by atoms with Crippen LogP contribution in [0.3, 0.4) is 0 Å². The quantitative estimate of drug-likeness (QED) is 0.427. The van der Waals surface area contributed by atoms with Gasteiger partial charge in [0.2, 0.25) is 0 Å². The molecule has 1 aliphatic carbocycles. The summed E-state index contributed by atoms with van der Waals surface area (Å²) >= 11 is 12.2. The van der Waals surface area contributed by atoms with Crippen molar-refractivity contribution in [2.45, 2.75) is 16.0 Å². The molecular weight excluding hydrogens is 203 g/mol. The molecule has 0 unspecified atom stereocenters. The predicted molar refractivity (Wildman–Crippen MR) is 43.2 cm³/mol. The standard InChI is InChI=1S/C5H5.C2H4Cl2.Ti/c1-2-4-5-3-1;1-2(3)4;/h1-5H;2H,1H3;. The molecule has 0 saturated heterocycles. The van der Waals surface area contributed by atoms with Crippen LogP contribution in [-0.2, 0) is 20.4 Å². The van der Waals surface area contributed by atoms with Crippen molar-refractivity contribution in [3.05, 3.63) is 24.3 Å². The van der Waals surface area contributed by atoms with Crippen LogP contribution < -0.4 is 0 Å². The van der Waals surface area contributed by atoms with Crippen molar-refractivity contribution >= 4 is 23.2 Å². The third-order valence-electron chi connectivity index (χ3n) is 0.748. The number of allylic oxidation sites excluding steroid dienone is 4. The van der Waals surface area contributed by atoms with E-state index in [1.807, 2.05) is 0 Å². The molecule has 0 saturated carbocycles. The number of halogens is 2. The van der Waals surface area contributed by atoms with Gasteiger partial charge in [-0.15, -0.1) is 23.2 Å². The van der Waals surface area contributed by atoms with Crippen LogP contribution >= 0.6 is 23.2 Å². The third kappa shape index (κ3) is 8.77. The molecule has 1 rings (SSSR count). The normalized spacial score (nSPS) is 15.5. The Bertz CT molecular complexity index is 115. The fraction of sp³-hybridized carbons (Fsp3) is 0.429. The summed E-state index contributed by atoms with van der Waals surface area (Å²) in [6, 6.07) is 0. The van der Waals surface area contributed by atoms with Crippen molar-refractivity contribution < 1.29 is 20.4 Å². The number of rotatable bonds is 0. The molecule has 0 N–H and O–H groups in total. The van der Waals surface area contributed by atoms with Crippen LogP contribution in [0.25, 0.3) is 0 Å². The second kappa shape index (κ2) is 6.48. The molecule has 0 aliphatic heterocycles. The van der Waals surface area contributed by atoms with E-state index in [4.69, 9.17) is 23.2 Å². The Kier molecular flexibility index (Phi) is 6.98. The number of hydrogen-bond acceptors (Lipinski definition) is 0. The van der Waals surface area contributed by atoms with E-state index in [9.17, 15) is 0 Å². The minimum absolute atomic E-state index is 0.222. The van der Waals surface area contributed by atoms with E-state index < -0.39 is 0 Å². The minimum atomic E-state index is -0.222. The van der Waals surface area contributed by atoms with Gasteiger partial charge in [0.15, 0.2) is 0 Å².